The summed E-state index contributed by atoms with van der Waals surface area (Å²) >= 11 is 5.83. The third-order valence-electron chi connectivity index (χ3n) is 6.42. The second-order valence-corrected chi connectivity index (χ2v) is 8.56. The molecular weight excluding hydrogens is 428 g/mol. The summed E-state index contributed by atoms with van der Waals surface area (Å²) in [6.45, 7) is 2.36. The number of aliphatic hydroxyl groups is 2. The highest BCUT2D eigenvalue weighted by Crippen LogP contribution is 2.46. The molecule has 6 nitrogen and oxygen atoms in total. The molecule has 2 atom stereocenters. The summed E-state index contributed by atoms with van der Waals surface area (Å²) in [7, 11) is 0. The zero-order chi connectivity index (χ0) is 22.4. The standard InChI is InChI=1S/C22H24ClF2N3O3/c1-2-22(31,21(25)5-7-26-8-6-21)13-9-16-18(17(24)10-13)20(30)28(19(16)29)12-15-4-3-14(23)11-27-15/h3-4,9-11,20,26,30-31H,2,5-8,12H2,1H3/t20-,22?/m1/s1. The average Bonchev–Trinajstić information content (AvgIpc) is 3.00. The number of alkyl halides is 1. The molecule has 1 aromatic carbocycles. The molecule has 0 aliphatic carbocycles. The lowest BCUT2D eigenvalue weighted by Gasteiger charge is -2.44. The van der Waals surface area contributed by atoms with E-state index in [1.807, 2.05) is 0 Å². The van der Waals surface area contributed by atoms with Gasteiger partial charge in [0.25, 0.3) is 5.91 Å². The van der Waals surface area contributed by atoms with E-state index in [1.165, 1.54) is 12.3 Å². The van der Waals surface area contributed by atoms with Crippen LogP contribution in [0.3, 0.4) is 0 Å². The van der Waals surface area contributed by atoms with Crippen molar-refractivity contribution in [1.82, 2.24) is 15.2 Å². The molecule has 3 heterocycles. The Balaban J connectivity index is 1.71. The Hall–Kier alpha value is -2.13. The number of aromatic nitrogens is 1. The van der Waals surface area contributed by atoms with Gasteiger partial charge in [-0.25, -0.2) is 8.78 Å². The predicted molar refractivity (Wildman–Crippen MR) is 111 cm³/mol. The minimum Gasteiger partial charge on any atom is -0.382 e. The number of fused-ring (bicyclic) bond motifs is 1. The van der Waals surface area contributed by atoms with Gasteiger partial charge in [-0.2, -0.15) is 0 Å². The fourth-order valence-electron chi connectivity index (χ4n) is 4.57. The number of nitrogens with one attached hydrogen (secondary N) is 1. The second kappa shape index (κ2) is 8.09. The minimum atomic E-state index is -1.96. The number of piperidine rings is 1. The third kappa shape index (κ3) is 3.61. The molecule has 2 aliphatic rings. The lowest BCUT2D eigenvalue weighted by Crippen LogP contribution is -2.53. The van der Waals surface area contributed by atoms with E-state index < -0.39 is 29.2 Å². The number of pyridine rings is 1. The Morgan fingerprint density at radius 3 is 2.68 bits per heavy atom. The van der Waals surface area contributed by atoms with Crippen LogP contribution in [0.15, 0.2) is 30.5 Å². The van der Waals surface area contributed by atoms with Gasteiger partial charge >= 0.3 is 0 Å². The molecule has 1 saturated heterocycles. The summed E-state index contributed by atoms with van der Waals surface area (Å²) in [5.74, 6) is -1.47. The molecule has 2 aromatic rings. The van der Waals surface area contributed by atoms with Crippen molar-refractivity contribution in [3.63, 3.8) is 0 Å². The summed E-state index contributed by atoms with van der Waals surface area (Å²) in [5, 5.41) is 25.4. The number of amides is 1. The van der Waals surface area contributed by atoms with Gasteiger partial charge in [0.05, 0.1) is 22.8 Å². The molecule has 4 rings (SSSR count). The van der Waals surface area contributed by atoms with Gasteiger partial charge in [0.2, 0.25) is 0 Å². The van der Waals surface area contributed by atoms with Crippen LogP contribution in [0.2, 0.25) is 5.02 Å². The summed E-state index contributed by atoms with van der Waals surface area (Å²) < 4.78 is 30.9. The summed E-state index contributed by atoms with van der Waals surface area (Å²) in [6, 6.07) is 5.55. The Bertz CT molecular complexity index is 998. The molecule has 0 spiro atoms. The molecule has 1 fully saturated rings. The first kappa shape index (κ1) is 22.1. The number of aliphatic hydroxyl groups excluding tert-OH is 1. The number of rotatable bonds is 5. The molecule has 9 heteroatoms. The number of hydrogen-bond acceptors (Lipinski definition) is 5. The summed E-state index contributed by atoms with van der Waals surface area (Å²) in [5.41, 5.74) is -3.71. The van der Waals surface area contributed by atoms with Crippen LogP contribution in [0.1, 0.15) is 59.6 Å². The Kier molecular flexibility index (Phi) is 5.76. The van der Waals surface area contributed by atoms with Crippen LogP contribution in [0.5, 0.6) is 0 Å². The van der Waals surface area contributed by atoms with Gasteiger partial charge in [0.1, 0.15) is 17.1 Å². The smallest absolute Gasteiger partial charge is 0.257 e. The first-order chi connectivity index (χ1) is 14.7. The molecule has 0 bridgehead atoms. The molecule has 2 aliphatic heterocycles. The van der Waals surface area contributed by atoms with Gasteiger partial charge in [-0.05, 0) is 62.2 Å². The predicted octanol–water partition coefficient (Wildman–Crippen LogP) is 3.21. The third-order valence-corrected chi connectivity index (χ3v) is 6.65. The molecular formula is C22H24ClF2N3O3. The Labute approximate surface area is 183 Å². The van der Waals surface area contributed by atoms with Crippen molar-refractivity contribution in [2.45, 2.75) is 50.2 Å². The van der Waals surface area contributed by atoms with E-state index in [-0.39, 0.29) is 42.5 Å². The van der Waals surface area contributed by atoms with Gasteiger partial charge < -0.3 is 20.4 Å². The van der Waals surface area contributed by atoms with Crippen molar-refractivity contribution in [3.05, 3.63) is 63.7 Å². The van der Waals surface area contributed by atoms with Crippen molar-refractivity contribution >= 4 is 17.5 Å². The van der Waals surface area contributed by atoms with E-state index in [2.05, 4.69) is 10.3 Å². The number of halogens is 3. The van der Waals surface area contributed by atoms with Crippen LogP contribution < -0.4 is 5.32 Å². The largest absolute Gasteiger partial charge is 0.382 e. The topological polar surface area (TPSA) is 85.7 Å². The van der Waals surface area contributed by atoms with E-state index in [0.29, 0.717) is 23.8 Å². The zero-order valence-corrected chi connectivity index (χ0v) is 17.8. The van der Waals surface area contributed by atoms with E-state index >= 15 is 8.78 Å². The number of nitrogens with zero attached hydrogens (tertiary/aromatic N) is 2. The SMILES string of the molecule is CCC(O)(c1cc(F)c2c(c1)C(=O)N(Cc1ccc(Cl)cn1)[C@@H]2O)C1(F)CCNCC1. The van der Waals surface area contributed by atoms with Crippen LogP contribution in [-0.4, -0.2) is 44.8 Å². The monoisotopic (exact) mass is 451 g/mol. The first-order valence-electron chi connectivity index (χ1n) is 10.3. The van der Waals surface area contributed by atoms with Gasteiger partial charge in [-0.3, -0.25) is 9.78 Å². The van der Waals surface area contributed by atoms with E-state index in [1.54, 1.807) is 19.1 Å². The van der Waals surface area contributed by atoms with Crippen molar-refractivity contribution in [2.75, 3.05) is 13.1 Å². The van der Waals surface area contributed by atoms with Crippen molar-refractivity contribution < 1.29 is 23.8 Å². The molecule has 3 N–H and O–H groups in total. The molecule has 0 saturated carbocycles. The maximum atomic E-state index is 15.8. The highest BCUT2D eigenvalue weighted by Gasteiger charge is 2.52. The second-order valence-electron chi connectivity index (χ2n) is 8.12. The minimum absolute atomic E-state index is 0.00247. The molecule has 1 aromatic heterocycles. The molecule has 0 radical (unpaired) electrons. The zero-order valence-electron chi connectivity index (χ0n) is 17.0. The molecule has 31 heavy (non-hydrogen) atoms. The van der Waals surface area contributed by atoms with Crippen LogP contribution in [-0.2, 0) is 12.1 Å². The fourth-order valence-corrected chi connectivity index (χ4v) is 4.68. The van der Waals surface area contributed by atoms with Gasteiger partial charge in [-0.15, -0.1) is 0 Å². The van der Waals surface area contributed by atoms with E-state index in [0.717, 1.165) is 11.0 Å². The number of carbonyl (C=O) groups is 1. The van der Waals surface area contributed by atoms with Gasteiger partial charge in [0.15, 0.2) is 6.23 Å². The quantitative estimate of drug-likeness (QED) is 0.650. The normalized spacial score (nSPS) is 22.3. The van der Waals surface area contributed by atoms with E-state index in [9.17, 15) is 15.0 Å². The van der Waals surface area contributed by atoms with Crippen molar-refractivity contribution in [2.24, 2.45) is 0 Å². The van der Waals surface area contributed by atoms with Crippen LogP contribution in [0.25, 0.3) is 0 Å². The average molecular weight is 452 g/mol. The summed E-state index contributed by atoms with van der Waals surface area (Å²) in [6.07, 6.45) is 0.0530. The Morgan fingerprint density at radius 2 is 2.06 bits per heavy atom. The highest BCUT2D eigenvalue weighted by atomic mass is 35.5. The maximum absolute atomic E-state index is 15.8. The maximum Gasteiger partial charge on any atom is 0.257 e. The molecule has 1 amide bonds. The lowest BCUT2D eigenvalue weighted by atomic mass is 9.71. The van der Waals surface area contributed by atoms with Gasteiger partial charge in [0, 0.05) is 11.8 Å². The summed E-state index contributed by atoms with van der Waals surface area (Å²) in [4.78, 5) is 18.2. The highest BCUT2D eigenvalue weighted by molar-refractivity contribution is 6.30. The molecule has 166 valence electrons. The molecule has 1 unspecified atom stereocenters. The number of benzene rings is 1. The Morgan fingerprint density at radius 1 is 1.35 bits per heavy atom. The van der Waals surface area contributed by atoms with Crippen molar-refractivity contribution in [3.8, 4) is 0 Å². The van der Waals surface area contributed by atoms with Crippen LogP contribution in [0, 0.1) is 5.82 Å². The van der Waals surface area contributed by atoms with Crippen LogP contribution >= 0.6 is 11.6 Å². The lowest BCUT2D eigenvalue weighted by molar-refractivity contribution is -0.127. The fraction of sp³-hybridized carbons (Fsp3) is 0.455. The first-order valence-corrected chi connectivity index (χ1v) is 10.6. The number of hydrogen-bond donors (Lipinski definition) is 3. The van der Waals surface area contributed by atoms with Crippen LogP contribution in [0.4, 0.5) is 8.78 Å². The van der Waals surface area contributed by atoms with Crippen molar-refractivity contribution in [1.29, 1.82) is 0 Å². The number of carbonyl (C=O) groups excluding carboxylic acids is 1. The van der Waals surface area contributed by atoms with E-state index in [4.69, 9.17) is 11.6 Å². The van der Waals surface area contributed by atoms with Gasteiger partial charge in [-0.1, -0.05) is 18.5 Å².